The van der Waals surface area contributed by atoms with E-state index in [1.54, 1.807) is 18.2 Å². The van der Waals surface area contributed by atoms with Crippen molar-refractivity contribution in [3.63, 3.8) is 0 Å². The Morgan fingerprint density at radius 3 is 2.71 bits per heavy atom. The van der Waals surface area contributed by atoms with Crippen molar-refractivity contribution in [1.82, 2.24) is 5.32 Å². The Hall–Kier alpha value is -1.40. The van der Waals surface area contributed by atoms with E-state index in [0.29, 0.717) is 5.56 Å². The van der Waals surface area contributed by atoms with Crippen molar-refractivity contribution in [3.8, 4) is 0 Å². The molecule has 0 heterocycles. The van der Waals surface area contributed by atoms with Gasteiger partial charge in [0.15, 0.2) is 0 Å². The minimum Gasteiger partial charge on any atom is -0.381 e. The zero-order valence-electron chi connectivity index (χ0n) is 9.24. The maximum absolute atomic E-state index is 11.6. The number of primary amides is 1. The van der Waals surface area contributed by atoms with Crippen LogP contribution in [0.3, 0.4) is 0 Å². The molecule has 0 bridgehead atoms. The summed E-state index contributed by atoms with van der Waals surface area (Å²) in [7, 11) is 0. The quantitative estimate of drug-likeness (QED) is 0.748. The second-order valence-electron chi connectivity index (χ2n) is 3.59. The predicted molar refractivity (Wildman–Crippen MR) is 66.4 cm³/mol. The molecule has 1 aromatic carbocycles. The van der Waals surface area contributed by atoms with E-state index in [9.17, 15) is 9.59 Å². The average Bonchev–Trinajstić information content (AvgIpc) is 2.28. The third-order valence-corrected chi connectivity index (χ3v) is 3.09. The van der Waals surface area contributed by atoms with Gasteiger partial charge >= 0.3 is 0 Å². The van der Waals surface area contributed by atoms with Crippen LogP contribution < -0.4 is 11.1 Å². The van der Waals surface area contributed by atoms with Crippen LogP contribution in [-0.4, -0.2) is 29.6 Å². The van der Waals surface area contributed by atoms with Crippen LogP contribution in [0.1, 0.15) is 15.9 Å². The molecule has 1 rings (SSSR count). The molecule has 0 saturated carbocycles. The monoisotopic (exact) mass is 300 g/mol. The molecule has 1 atom stereocenters. The van der Waals surface area contributed by atoms with Gasteiger partial charge in [-0.1, -0.05) is 15.9 Å². The van der Waals surface area contributed by atoms with Gasteiger partial charge in [-0.2, -0.15) is 0 Å². The Morgan fingerprint density at radius 2 is 2.18 bits per heavy atom. The largest absolute Gasteiger partial charge is 0.381 e. The summed E-state index contributed by atoms with van der Waals surface area (Å²) < 4.78 is 0.909. The molecule has 0 fully saturated rings. The molecule has 0 aliphatic carbocycles. The first kappa shape index (κ1) is 13.7. The number of aliphatic hydroxyl groups excluding tert-OH is 1. The Balaban J connectivity index is 2.64. The van der Waals surface area contributed by atoms with Crippen molar-refractivity contribution in [2.24, 2.45) is 5.73 Å². The number of aliphatic hydroxyl groups is 1. The van der Waals surface area contributed by atoms with E-state index in [1.165, 1.54) is 0 Å². The summed E-state index contributed by atoms with van der Waals surface area (Å²) in [5.74, 6) is -1.22. The molecule has 5 nitrogen and oxygen atoms in total. The van der Waals surface area contributed by atoms with Crippen LogP contribution in [0.2, 0.25) is 0 Å². The number of aryl methyl sites for hydroxylation is 1. The van der Waals surface area contributed by atoms with E-state index in [-0.39, 0.29) is 12.5 Å². The van der Waals surface area contributed by atoms with Gasteiger partial charge in [0.2, 0.25) is 5.91 Å². The number of benzene rings is 1. The standard InChI is InChI=1S/C11H13BrN2O3/c1-6-4-7(2-3-8(6)12)11(17)14-5-9(15)10(13)16/h2-4,9,15H,5H2,1H3,(H2,13,16)(H,14,17). The maximum Gasteiger partial charge on any atom is 0.251 e. The van der Waals surface area contributed by atoms with Crippen molar-refractivity contribution in [2.75, 3.05) is 6.54 Å². The first-order chi connectivity index (χ1) is 7.91. The smallest absolute Gasteiger partial charge is 0.251 e. The Bertz CT molecular complexity index is 448. The van der Waals surface area contributed by atoms with Crippen LogP contribution in [-0.2, 0) is 4.79 Å². The third kappa shape index (κ3) is 3.83. The molecular formula is C11H13BrN2O3. The van der Waals surface area contributed by atoms with Crippen LogP contribution in [0, 0.1) is 6.92 Å². The summed E-state index contributed by atoms with van der Waals surface area (Å²) in [6.07, 6.45) is -1.37. The predicted octanol–water partition coefficient (Wildman–Crippen LogP) is 0.334. The number of halogens is 1. The first-order valence-electron chi connectivity index (χ1n) is 4.93. The lowest BCUT2D eigenvalue weighted by Crippen LogP contribution is -2.39. The molecule has 0 spiro atoms. The summed E-state index contributed by atoms with van der Waals surface area (Å²) in [5, 5.41) is 11.5. The molecule has 0 saturated heterocycles. The van der Waals surface area contributed by atoms with Crippen molar-refractivity contribution in [2.45, 2.75) is 13.0 Å². The highest BCUT2D eigenvalue weighted by molar-refractivity contribution is 9.10. The third-order valence-electron chi connectivity index (χ3n) is 2.20. The van der Waals surface area contributed by atoms with E-state index in [0.717, 1.165) is 10.0 Å². The first-order valence-corrected chi connectivity index (χ1v) is 5.73. The van der Waals surface area contributed by atoms with E-state index < -0.39 is 12.0 Å². The van der Waals surface area contributed by atoms with E-state index in [2.05, 4.69) is 21.2 Å². The number of carbonyl (C=O) groups excluding carboxylic acids is 2. The minimum absolute atomic E-state index is 0.191. The molecule has 0 radical (unpaired) electrons. The highest BCUT2D eigenvalue weighted by Gasteiger charge is 2.13. The molecule has 6 heteroatoms. The SMILES string of the molecule is Cc1cc(C(=O)NCC(O)C(N)=O)ccc1Br. The van der Waals surface area contributed by atoms with Gasteiger partial charge in [-0.3, -0.25) is 9.59 Å². The normalized spacial score (nSPS) is 11.9. The number of hydrogen-bond donors (Lipinski definition) is 3. The van der Waals surface area contributed by atoms with Gasteiger partial charge in [-0.25, -0.2) is 0 Å². The highest BCUT2D eigenvalue weighted by atomic mass is 79.9. The van der Waals surface area contributed by atoms with Crippen LogP contribution in [0.15, 0.2) is 22.7 Å². The lowest BCUT2D eigenvalue weighted by Gasteiger charge is -2.09. The van der Waals surface area contributed by atoms with Gasteiger partial charge < -0.3 is 16.2 Å². The Labute approximate surface area is 107 Å². The molecule has 0 aliphatic heterocycles. The Kier molecular flexibility index (Phi) is 4.65. The molecule has 2 amide bonds. The second kappa shape index (κ2) is 5.79. The fraction of sp³-hybridized carbons (Fsp3) is 0.273. The van der Waals surface area contributed by atoms with E-state index >= 15 is 0 Å². The van der Waals surface area contributed by atoms with Gasteiger partial charge in [0, 0.05) is 10.0 Å². The molecule has 0 aliphatic rings. The van der Waals surface area contributed by atoms with Gasteiger partial charge in [-0.05, 0) is 30.7 Å². The van der Waals surface area contributed by atoms with Gasteiger partial charge in [0.25, 0.3) is 5.91 Å². The summed E-state index contributed by atoms with van der Waals surface area (Å²) >= 11 is 3.33. The number of rotatable bonds is 4. The molecule has 92 valence electrons. The fourth-order valence-electron chi connectivity index (χ4n) is 1.18. The number of hydrogen-bond acceptors (Lipinski definition) is 3. The summed E-state index contributed by atoms with van der Waals surface area (Å²) in [6.45, 7) is 1.67. The topological polar surface area (TPSA) is 92.4 Å². The van der Waals surface area contributed by atoms with Gasteiger partial charge in [0.05, 0.1) is 6.54 Å². The van der Waals surface area contributed by atoms with Gasteiger partial charge in [0.1, 0.15) is 6.10 Å². The van der Waals surface area contributed by atoms with Crippen LogP contribution in [0.5, 0.6) is 0 Å². The summed E-state index contributed by atoms with van der Waals surface area (Å²) in [4.78, 5) is 22.2. The second-order valence-corrected chi connectivity index (χ2v) is 4.45. The van der Waals surface area contributed by atoms with Crippen LogP contribution in [0.4, 0.5) is 0 Å². The van der Waals surface area contributed by atoms with Crippen molar-refractivity contribution >= 4 is 27.7 Å². The lowest BCUT2D eigenvalue weighted by molar-refractivity contribution is -0.125. The number of nitrogens with two attached hydrogens (primary N) is 1. The van der Waals surface area contributed by atoms with E-state index in [4.69, 9.17) is 10.8 Å². The van der Waals surface area contributed by atoms with Crippen LogP contribution in [0.25, 0.3) is 0 Å². The zero-order valence-corrected chi connectivity index (χ0v) is 10.8. The summed E-state index contributed by atoms with van der Waals surface area (Å²) in [6, 6.07) is 5.11. The molecular weight excluding hydrogens is 288 g/mol. The van der Waals surface area contributed by atoms with Crippen molar-refractivity contribution in [3.05, 3.63) is 33.8 Å². The molecule has 4 N–H and O–H groups in total. The van der Waals surface area contributed by atoms with Gasteiger partial charge in [-0.15, -0.1) is 0 Å². The maximum atomic E-state index is 11.6. The fourth-order valence-corrected chi connectivity index (χ4v) is 1.42. The molecule has 1 unspecified atom stereocenters. The van der Waals surface area contributed by atoms with Crippen LogP contribution >= 0.6 is 15.9 Å². The van der Waals surface area contributed by atoms with E-state index in [1.807, 2.05) is 6.92 Å². The zero-order chi connectivity index (χ0) is 13.0. The minimum atomic E-state index is -1.37. The number of amides is 2. The molecule has 1 aromatic rings. The number of nitrogens with one attached hydrogen (secondary N) is 1. The average molecular weight is 301 g/mol. The van der Waals surface area contributed by atoms with Crippen molar-refractivity contribution in [1.29, 1.82) is 0 Å². The lowest BCUT2D eigenvalue weighted by atomic mass is 10.1. The van der Waals surface area contributed by atoms with Crippen molar-refractivity contribution < 1.29 is 14.7 Å². The Morgan fingerprint density at radius 1 is 1.53 bits per heavy atom. The summed E-state index contributed by atoms with van der Waals surface area (Å²) in [5.41, 5.74) is 6.24. The molecule has 17 heavy (non-hydrogen) atoms. The number of carbonyl (C=O) groups is 2. The molecule has 0 aromatic heterocycles. The highest BCUT2D eigenvalue weighted by Crippen LogP contribution is 2.16.